The molecule has 3 nitrogen and oxygen atoms in total. The Morgan fingerprint density at radius 3 is 2.67 bits per heavy atom. The van der Waals surface area contributed by atoms with Crippen molar-refractivity contribution in [2.75, 3.05) is 0 Å². The van der Waals surface area contributed by atoms with Crippen LogP contribution in [0.3, 0.4) is 0 Å². The number of nitrogens with zero attached hydrogens (tertiary/aromatic N) is 2. The Balaban J connectivity index is 2.07. The van der Waals surface area contributed by atoms with E-state index >= 15 is 0 Å². The van der Waals surface area contributed by atoms with Crippen molar-refractivity contribution in [2.24, 2.45) is 0 Å². The fourth-order valence-electron chi connectivity index (χ4n) is 2.68. The van der Waals surface area contributed by atoms with Gasteiger partial charge < -0.3 is 9.67 Å². The first kappa shape index (κ1) is 12.3. The molecule has 1 N–H and O–H groups in total. The second kappa shape index (κ2) is 4.28. The third-order valence-corrected chi connectivity index (χ3v) is 3.78. The molecule has 1 aromatic heterocycles. The fourth-order valence-corrected chi connectivity index (χ4v) is 2.68. The van der Waals surface area contributed by atoms with Crippen LogP contribution in [-0.4, -0.2) is 14.7 Å². The largest absolute Gasteiger partial charge is 0.507 e. The molecule has 5 heteroatoms. The highest BCUT2D eigenvalue weighted by Gasteiger charge is 2.30. The van der Waals surface area contributed by atoms with Gasteiger partial charge in [-0.05, 0) is 43.2 Å². The van der Waals surface area contributed by atoms with Crippen molar-refractivity contribution in [3.63, 3.8) is 0 Å². The van der Waals surface area contributed by atoms with Crippen molar-refractivity contribution in [1.82, 2.24) is 9.55 Å². The van der Waals surface area contributed by atoms with Gasteiger partial charge in [-0.25, -0.2) is 13.8 Å². The van der Waals surface area contributed by atoms with Gasteiger partial charge in [-0.1, -0.05) is 6.07 Å². The number of imidazole rings is 1. The Labute approximate surface area is 119 Å². The average molecular weight is 286 g/mol. The standard InChI is InChI=1S/C16H12F2N2O/c17-9-4-7-12-13(8-9)20(10-5-6-10)16(19-12)15-11(18)2-1-3-14(15)21/h1-4,7-8,10,21H,5-6H2. The summed E-state index contributed by atoms with van der Waals surface area (Å²) >= 11 is 0. The second-order valence-corrected chi connectivity index (χ2v) is 5.30. The van der Waals surface area contributed by atoms with Gasteiger partial charge in [-0.3, -0.25) is 0 Å². The van der Waals surface area contributed by atoms with Crippen molar-refractivity contribution >= 4 is 11.0 Å². The first-order chi connectivity index (χ1) is 10.1. The van der Waals surface area contributed by atoms with E-state index in [2.05, 4.69) is 4.98 Å². The van der Waals surface area contributed by atoms with E-state index in [-0.39, 0.29) is 23.2 Å². The summed E-state index contributed by atoms with van der Waals surface area (Å²) in [6.45, 7) is 0. The van der Waals surface area contributed by atoms with Gasteiger partial charge in [0.2, 0.25) is 0 Å². The highest BCUT2D eigenvalue weighted by atomic mass is 19.1. The topological polar surface area (TPSA) is 38.1 Å². The lowest BCUT2D eigenvalue weighted by Gasteiger charge is -2.09. The number of halogens is 2. The van der Waals surface area contributed by atoms with Gasteiger partial charge in [0.1, 0.15) is 23.2 Å². The predicted octanol–water partition coefficient (Wildman–Crippen LogP) is 4.02. The minimum Gasteiger partial charge on any atom is -0.507 e. The molecular weight excluding hydrogens is 274 g/mol. The lowest BCUT2D eigenvalue weighted by atomic mass is 10.1. The number of benzene rings is 2. The Morgan fingerprint density at radius 2 is 1.95 bits per heavy atom. The zero-order valence-electron chi connectivity index (χ0n) is 11.1. The number of rotatable bonds is 2. The summed E-state index contributed by atoms with van der Waals surface area (Å²) in [7, 11) is 0. The molecule has 0 unspecified atom stereocenters. The van der Waals surface area contributed by atoms with Crippen LogP contribution in [0.15, 0.2) is 36.4 Å². The van der Waals surface area contributed by atoms with E-state index in [0.29, 0.717) is 16.9 Å². The van der Waals surface area contributed by atoms with Crippen molar-refractivity contribution < 1.29 is 13.9 Å². The van der Waals surface area contributed by atoms with Crippen LogP contribution in [0.1, 0.15) is 18.9 Å². The summed E-state index contributed by atoms with van der Waals surface area (Å²) in [5.74, 6) is -0.692. The van der Waals surface area contributed by atoms with Crippen molar-refractivity contribution in [2.45, 2.75) is 18.9 Å². The Hall–Kier alpha value is -2.43. The maximum absolute atomic E-state index is 14.1. The molecule has 21 heavy (non-hydrogen) atoms. The van der Waals surface area contributed by atoms with Gasteiger partial charge in [-0.2, -0.15) is 0 Å². The lowest BCUT2D eigenvalue weighted by Crippen LogP contribution is -1.99. The molecule has 1 aliphatic rings. The molecule has 1 fully saturated rings. The number of fused-ring (bicyclic) bond motifs is 1. The zero-order chi connectivity index (χ0) is 14.6. The van der Waals surface area contributed by atoms with E-state index in [4.69, 9.17) is 0 Å². The SMILES string of the molecule is Oc1cccc(F)c1-c1nc2ccc(F)cc2n1C1CC1. The van der Waals surface area contributed by atoms with Gasteiger partial charge in [0.05, 0.1) is 16.6 Å². The number of hydrogen-bond donors (Lipinski definition) is 1. The van der Waals surface area contributed by atoms with Crippen LogP contribution >= 0.6 is 0 Å². The van der Waals surface area contributed by atoms with Gasteiger partial charge >= 0.3 is 0 Å². The van der Waals surface area contributed by atoms with E-state index in [0.717, 1.165) is 12.8 Å². The minimum absolute atomic E-state index is 0.0704. The van der Waals surface area contributed by atoms with E-state index in [9.17, 15) is 13.9 Å². The van der Waals surface area contributed by atoms with Gasteiger partial charge in [0.25, 0.3) is 0 Å². The molecule has 1 saturated carbocycles. The van der Waals surface area contributed by atoms with Gasteiger partial charge in [-0.15, -0.1) is 0 Å². The molecule has 0 spiro atoms. The molecule has 0 aliphatic heterocycles. The third-order valence-electron chi connectivity index (χ3n) is 3.78. The number of aromatic hydroxyl groups is 1. The van der Waals surface area contributed by atoms with Crippen molar-refractivity contribution in [1.29, 1.82) is 0 Å². The average Bonchev–Trinajstić information content (AvgIpc) is 3.21. The van der Waals surface area contributed by atoms with Crippen molar-refractivity contribution in [3.05, 3.63) is 48.0 Å². The van der Waals surface area contributed by atoms with Crippen LogP contribution in [0.4, 0.5) is 8.78 Å². The lowest BCUT2D eigenvalue weighted by molar-refractivity contribution is 0.470. The Kier molecular flexibility index (Phi) is 2.51. The zero-order valence-corrected chi connectivity index (χ0v) is 11.1. The Bertz CT molecular complexity index is 833. The first-order valence-electron chi connectivity index (χ1n) is 6.80. The summed E-state index contributed by atoms with van der Waals surface area (Å²) in [6, 6.07) is 8.65. The number of aromatic nitrogens is 2. The molecule has 106 valence electrons. The summed E-state index contributed by atoms with van der Waals surface area (Å²) in [6.07, 6.45) is 1.90. The molecule has 1 heterocycles. The summed E-state index contributed by atoms with van der Waals surface area (Å²) in [5.41, 5.74) is 1.30. The van der Waals surface area contributed by atoms with Crippen LogP contribution in [0.25, 0.3) is 22.4 Å². The quantitative estimate of drug-likeness (QED) is 0.772. The van der Waals surface area contributed by atoms with E-state index in [1.165, 1.54) is 30.3 Å². The number of phenols is 1. The van der Waals surface area contributed by atoms with Crippen LogP contribution in [0.5, 0.6) is 5.75 Å². The molecule has 4 rings (SSSR count). The molecule has 1 aliphatic carbocycles. The third kappa shape index (κ3) is 1.88. The first-order valence-corrected chi connectivity index (χ1v) is 6.80. The van der Waals surface area contributed by atoms with E-state index < -0.39 is 5.82 Å². The maximum atomic E-state index is 14.1. The van der Waals surface area contributed by atoms with Gasteiger partial charge in [0.15, 0.2) is 0 Å². The van der Waals surface area contributed by atoms with Crippen LogP contribution < -0.4 is 0 Å². The van der Waals surface area contributed by atoms with E-state index in [1.54, 1.807) is 6.07 Å². The minimum atomic E-state index is -0.535. The molecule has 2 aromatic carbocycles. The number of phenolic OH excluding ortho intramolecular Hbond substituents is 1. The molecule has 0 amide bonds. The van der Waals surface area contributed by atoms with Gasteiger partial charge in [0, 0.05) is 6.04 Å². The normalized spacial score (nSPS) is 14.8. The van der Waals surface area contributed by atoms with E-state index in [1.807, 2.05) is 4.57 Å². The predicted molar refractivity (Wildman–Crippen MR) is 75.0 cm³/mol. The summed E-state index contributed by atoms with van der Waals surface area (Å²) in [5, 5.41) is 9.98. The van der Waals surface area contributed by atoms with Crippen LogP contribution in [-0.2, 0) is 0 Å². The summed E-state index contributed by atoms with van der Waals surface area (Å²) < 4.78 is 29.5. The molecular formula is C16H12F2N2O. The fraction of sp³-hybridized carbons (Fsp3) is 0.188. The Morgan fingerprint density at radius 1 is 1.14 bits per heavy atom. The maximum Gasteiger partial charge on any atom is 0.148 e. The smallest absolute Gasteiger partial charge is 0.148 e. The van der Waals surface area contributed by atoms with Crippen LogP contribution in [0.2, 0.25) is 0 Å². The van der Waals surface area contributed by atoms with Crippen molar-refractivity contribution in [3.8, 4) is 17.1 Å². The molecule has 0 bridgehead atoms. The highest BCUT2D eigenvalue weighted by Crippen LogP contribution is 2.43. The highest BCUT2D eigenvalue weighted by molar-refractivity contribution is 5.82. The second-order valence-electron chi connectivity index (χ2n) is 5.30. The molecule has 0 radical (unpaired) electrons. The molecule has 3 aromatic rings. The molecule has 0 saturated heterocycles. The van der Waals surface area contributed by atoms with Crippen LogP contribution in [0, 0.1) is 11.6 Å². The number of hydrogen-bond acceptors (Lipinski definition) is 2. The molecule has 0 atom stereocenters. The summed E-state index contributed by atoms with van der Waals surface area (Å²) in [4.78, 5) is 4.40. The monoisotopic (exact) mass is 286 g/mol.